The zero-order valence-electron chi connectivity index (χ0n) is 14.9. The molecule has 2 aromatic rings. The summed E-state index contributed by atoms with van der Waals surface area (Å²) in [5.74, 6) is -0.814. The number of nitrogens with one attached hydrogen (secondary N) is 1. The van der Waals surface area contributed by atoms with Crippen LogP contribution in [0, 0.1) is 5.92 Å². The predicted molar refractivity (Wildman–Crippen MR) is 94.5 cm³/mol. The van der Waals surface area contributed by atoms with Gasteiger partial charge in [-0.15, -0.1) is 0 Å². The van der Waals surface area contributed by atoms with Gasteiger partial charge in [-0.05, 0) is 12.0 Å². The normalized spacial score (nSPS) is 26.6. The first-order chi connectivity index (χ1) is 12.7. The number of rotatable bonds is 5. The van der Waals surface area contributed by atoms with Crippen LogP contribution in [0.3, 0.4) is 0 Å². The first kappa shape index (κ1) is 19.3. The van der Waals surface area contributed by atoms with E-state index < -0.39 is 42.1 Å². The minimum absolute atomic E-state index is 0.0892. The summed E-state index contributed by atoms with van der Waals surface area (Å²) >= 11 is 0. The molecule has 27 heavy (non-hydrogen) atoms. The van der Waals surface area contributed by atoms with Crippen molar-refractivity contribution >= 4 is 23.0 Å². The average molecular weight is 381 g/mol. The Bertz CT molecular complexity index is 893. The second-order valence-electron chi connectivity index (χ2n) is 6.86. The highest BCUT2D eigenvalue weighted by Gasteiger charge is 2.45. The molecule has 2 aromatic heterocycles. The zero-order valence-corrected chi connectivity index (χ0v) is 14.9. The molecular weight excluding hydrogens is 358 g/mol. The number of aromatic amines is 1. The third kappa shape index (κ3) is 3.54. The van der Waals surface area contributed by atoms with E-state index in [-0.39, 0.29) is 29.5 Å². The predicted octanol–water partition coefficient (Wildman–Crippen LogP) is -1.55. The Kier molecular flexibility index (Phi) is 5.20. The Morgan fingerprint density at radius 1 is 1.44 bits per heavy atom. The van der Waals surface area contributed by atoms with E-state index in [1.54, 1.807) is 13.8 Å². The van der Waals surface area contributed by atoms with Crippen LogP contribution < -0.4 is 17.0 Å². The molecule has 0 amide bonds. The largest absolute Gasteiger partial charge is 0.462 e. The molecule has 1 fully saturated rings. The van der Waals surface area contributed by atoms with Gasteiger partial charge in [-0.1, -0.05) is 13.8 Å². The third-order valence-corrected chi connectivity index (χ3v) is 4.59. The van der Waals surface area contributed by atoms with E-state index in [0.29, 0.717) is 0 Å². The number of nitrogens with two attached hydrogens (primary N) is 2. The lowest BCUT2D eigenvalue weighted by Crippen LogP contribution is -2.40. The highest BCUT2D eigenvalue weighted by atomic mass is 16.6. The molecule has 148 valence electrons. The molecule has 1 unspecified atom stereocenters. The van der Waals surface area contributed by atoms with Crippen molar-refractivity contribution in [3.05, 3.63) is 22.6 Å². The van der Waals surface area contributed by atoms with Gasteiger partial charge in [0.1, 0.15) is 31.0 Å². The molecule has 7 N–H and O–H groups in total. The topological polar surface area (TPSA) is 179 Å². The first-order valence-electron chi connectivity index (χ1n) is 8.51. The van der Waals surface area contributed by atoms with E-state index in [0.717, 1.165) is 0 Å². The van der Waals surface area contributed by atoms with E-state index in [1.807, 2.05) is 0 Å². The molecule has 3 heterocycles. The van der Waals surface area contributed by atoms with E-state index in [9.17, 15) is 19.8 Å². The maximum absolute atomic E-state index is 11.9. The molecular formula is C16H23N5O6. The average Bonchev–Trinajstić information content (AvgIpc) is 3.14. The van der Waals surface area contributed by atoms with Crippen LogP contribution in [0.1, 0.15) is 20.1 Å². The summed E-state index contributed by atoms with van der Waals surface area (Å²) in [5.41, 5.74) is 11.1. The number of aliphatic hydroxyl groups excluding tert-OH is 2. The summed E-state index contributed by atoms with van der Waals surface area (Å²) in [6.07, 6.45) is -3.14. The van der Waals surface area contributed by atoms with Crippen molar-refractivity contribution in [1.29, 1.82) is 0 Å². The molecule has 1 saturated heterocycles. The molecule has 0 aromatic carbocycles. The number of aromatic nitrogens is 3. The molecule has 0 aliphatic carbocycles. The minimum Gasteiger partial charge on any atom is -0.462 e. The van der Waals surface area contributed by atoms with Gasteiger partial charge in [0.15, 0.2) is 11.9 Å². The maximum atomic E-state index is 11.9. The van der Waals surface area contributed by atoms with Crippen LogP contribution in [0.2, 0.25) is 0 Å². The fourth-order valence-corrected chi connectivity index (χ4v) is 2.89. The van der Waals surface area contributed by atoms with Crippen LogP contribution in [-0.4, -0.2) is 61.7 Å². The molecule has 1 aliphatic heterocycles. The number of anilines is 1. The highest BCUT2D eigenvalue weighted by molar-refractivity contribution is 5.76. The van der Waals surface area contributed by atoms with Gasteiger partial charge in [-0.2, -0.15) is 4.98 Å². The number of hydrogen-bond acceptors (Lipinski definition) is 9. The summed E-state index contributed by atoms with van der Waals surface area (Å²) in [6.45, 7) is 3.29. The van der Waals surface area contributed by atoms with E-state index >= 15 is 0 Å². The lowest BCUT2D eigenvalue weighted by molar-refractivity contribution is -0.152. The zero-order chi connectivity index (χ0) is 19.9. The van der Waals surface area contributed by atoms with Gasteiger partial charge in [0, 0.05) is 6.20 Å². The minimum atomic E-state index is -1.33. The van der Waals surface area contributed by atoms with Crippen molar-refractivity contribution in [3.8, 4) is 0 Å². The molecule has 0 radical (unpaired) electrons. The lowest BCUT2D eigenvalue weighted by Gasteiger charge is -2.18. The summed E-state index contributed by atoms with van der Waals surface area (Å²) in [5, 5.41) is 20.9. The van der Waals surface area contributed by atoms with Crippen LogP contribution in [0.5, 0.6) is 0 Å². The number of carbonyl (C=O) groups excluding carboxylic acids is 1. The molecule has 11 heteroatoms. The number of ether oxygens (including phenoxy) is 2. The van der Waals surface area contributed by atoms with Crippen molar-refractivity contribution < 1.29 is 24.5 Å². The highest BCUT2D eigenvalue weighted by Crippen LogP contribution is 2.31. The van der Waals surface area contributed by atoms with E-state index in [1.165, 1.54) is 16.8 Å². The second-order valence-corrected chi connectivity index (χ2v) is 6.86. The molecule has 3 rings (SSSR count). The fourth-order valence-electron chi connectivity index (χ4n) is 2.89. The molecule has 0 saturated carbocycles. The van der Waals surface area contributed by atoms with Crippen molar-refractivity contribution in [2.24, 2.45) is 11.7 Å². The van der Waals surface area contributed by atoms with Crippen molar-refractivity contribution in [2.45, 2.75) is 44.4 Å². The third-order valence-electron chi connectivity index (χ3n) is 4.59. The van der Waals surface area contributed by atoms with Crippen molar-refractivity contribution in [1.82, 2.24) is 14.5 Å². The van der Waals surface area contributed by atoms with Gasteiger partial charge in [-0.25, -0.2) is 0 Å². The van der Waals surface area contributed by atoms with Crippen molar-refractivity contribution in [3.63, 3.8) is 0 Å². The van der Waals surface area contributed by atoms with Gasteiger partial charge in [-0.3, -0.25) is 14.6 Å². The standard InChI is InChI=1S/C16H23N5O6/c1-6(2)9(17)15(25)26-5-8-10(22)11(23)14(27-8)21-4-3-7-12(21)19-16(18)20-13(7)24/h3-4,6,8-11,14,22-23H,5,17H2,1-2H3,(H3,18,19,20,24)/t8-,9+,10-,11?,14-/m1/s1. The molecule has 1 aliphatic rings. The lowest BCUT2D eigenvalue weighted by atomic mass is 10.1. The van der Waals surface area contributed by atoms with Crippen LogP contribution >= 0.6 is 0 Å². The van der Waals surface area contributed by atoms with Gasteiger partial charge >= 0.3 is 5.97 Å². The number of hydrogen-bond donors (Lipinski definition) is 5. The van der Waals surface area contributed by atoms with Gasteiger partial charge in [0.2, 0.25) is 5.95 Å². The number of nitrogens with zero attached hydrogens (tertiary/aromatic N) is 2. The number of H-pyrrole nitrogens is 1. The summed E-state index contributed by atoms with van der Waals surface area (Å²) < 4.78 is 12.2. The quantitative estimate of drug-likeness (QED) is 0.383. The second kappa shape index (κ2) is 7.27. The molecule has 0 bridgehead atoms. The fraction of sp³-hybridized carbons (Fsp3) is 0.562. The Balaban J connectivity index is 1.78. The Morgan fingerprint density at radius 3 is 2.81 bits per heavy atom. The maximum Gasteiger partial charge on any atom is 0.323 e. The number of nitrogen functional groups attached to an aromatic ring is 1. The van der Waals surface area contributed by atoms with Crippen LogP contribution in [0.4, 0.5) is 5.95 Å². The summed E-state index contributed by atoms with van der Waals surface area (Å²) in [7, 11) is 0. The Morgan fingerprint density at radius 2 is 2.15 bits per heavy atom. The van der Waals surface area contributed by atoms with Crippen LogP contribution in [0.25, 0.3) is 11.0 Å². The Hall–Kier alpha value is -2.47. The van der Waals surface area contributed by atoms with E-state index in [2.05, 4.69) is 9.97 Å². The summed E-state index contributed by atoms with van der Waals surface area (Å²) in [6, 6.07) is 0.703. The number of fused-ring (bicyclic) bond motifs is 1. The van der Waals surface area contributed by atoms with Crippen LogP contribution in [0.15, 0.2) is 17.1 Å². The first-order valence-corrected chi connectivity index (χ1v) is 8.51. The SMILES string of the molecule is CC(C)[C@H](N)C(=O)OC[C@H]1O[C@@H](n2ccc3c(=O)[nH]c(N)nc32)C(O)[C@@H]1O. The molecule has 11 nitrogen and oxygen atoms in total. The van der Waals surface area contributed by atoms with Crippen molar-refractivity contribution in [2.75, 3.05) is 12.3 Å². The van der Waals surface area contributed by atoms with Gasteiger partial charge in [0.05, 0.1) is 5.39 Å². The van der Waals surface area contributed by atoms with Gasteiger partial charge < -0.3 is 35.7 Å². The molecule has 5 atom stereocenters. The molecule has 0 spiro atoms. The van der Waals surface area contributed by atoms with Crippen LogP contribution in [-0.2, 0) is 14.3 Å². The number of aliphatic hydroxyl groups is 2. The van der Waals surface area contributed by atoms with Gasteiger partial charge in [0.25, 0.3) is 5.56 Å². The summed E-state index contributed by atoms with van der Waals surface area (Å²) in [4.78, 5) is 30.2. The number of carbonyl (C=O) groups is 1. The smallest absolute Gasteiger partial charge is 0.323 e. The Labute approximate surface area is 153 Å². The monoisotopic (exact) mass is 381 g/mol. The number of esters is 1. The van der Waals surface area contributed by atoms with E-state index in [4.69, 9.17) is 20.9 Å².